The maximum absolute atomic E-state index is 12.3. The molecule has 0 aromatic carbocycles. The van der Waals surface area contributed by atoms with Crippen LogP contribution in [0, 0.1) is 13.8 Å². The number of anilines is 1. The van der Waals surface area contributed by atoms with Crippen LogP contribution in [0.2, 0.25) is 0 Å². The lowest BCUT2D eigenvalue weighted by Gasteiger charge is -2.08. The van der Waals surface area contributed by atoms with Crippen LogP contribution in [-0.4, -0.2) is 29.3 Å². The fraction of sp³-hybridized carbons (Fsp3) is 0.273. The Morgan fingerprint density at radius 3 is 2.60 bits per heavy atom. The van der Waals surface area contributed by atoms with Crippen molar-refractivity contribution >= 4 is 33.1 Å². The van der Waals surface area contributed by atoms with E-state index in [1.807, 2.05) is 6.92 Å². The quantitative estimate of drug-likeness (QED) is 0.892. The SMILES string of the molecule is Cc1cc(S(=O)(=O)Nc2c(C(=O)O)cnn2C)c(C)s1. The number of aryl methyl sites for hydroxylation is 3. The highest BCUT2D eigenvalue weighted by molar-refractivity contribution is 7.93. The number of aromatic nitrogens is 2. The number of hydrogen-bond donors (Lipinski definition) is 2. The van der Waals surface area contributed by atoms with Crippen LogP contribution in [0.4, 0.5) is 5.82 Å². The van der Waals surface area contributed by atoms with E-state index in [9.17, 15) is 13.2 Å². The predicted molar refractivity (Wildman–Crippen MR) is 74.8 cm³/mol. The van der Waals surface area contributed by atoms with Gasteiger partial charge < -0.3 is 5.11 Å². The van der Waals surface area contributed by atoms with E-state index in [-0.39, 0.29) is 16.3 Å². The fourth-order valence-corrected chi connectivity index (χ4v) is 4.44. The second kappa shape index (κ2) is 4.91. The molecule has 9 heteroatoms. The first kappa shape index (κ1) is 14.5. The molecule has 2 rings (SSSR count). The van der Waals surface area contributed by atoms with Crippen molar-refractivity contribution in [3.63, 3.8) is 0 Å². The summed E-state index contributed by atoms with van der Waals surface area (Å²) in [6, 6.07) is 1.55. The minimum Gasteiger partial charge on any atom is -0.477 e. The third kappa shape index (κ3) is 2.54. The molecule has 108 valence electrons. The molecule has 0 amide bonds. The summed E-state index contributed by atoms with van der Waals surface area (Å²) >= 11 is 1.37. The Labute approximate surface area is 119 Å². The third-order valence-corrected chi connectivity index (χ3v) is 5.25. The van der Waals surface area contributed by atoms with Crippen molar-refractivity contribution in [2.45, 2.75) is 18.7 Å². The predicted octanol–water partition coefficient (Wildman–Crippen LogP) is 1.60. The summed E-state index contributed by atoms with van der Waals surface area (Å²) in [6.45, 7) is 3.51. The summed E-state index contributed by atoms with van der Waals surface area (Å²) in [5, 5.41) is 12.8. The minimum atomic E-state index is -3.84. The van der Waals surface area contributed by atoms with E-state index in [2.05, 4.69) is 9.82 Å². The van der Waals surface area contributed by atoms with Gasteiger partial charge in [0.05, 0.1) is 6.20 Å². The molecule has 0 bridgehead atoms. The number of thiophene rings is 1. The molecule has 2 aromatic rings. The van der Waals surface area contributed by atoms with Gasteiger partial charge in [0.15, 0.2) is 5.82 Å². The van der Waals surface area contributed by atoms with Gasteiger partial charge in [0.1, 0.15) is 10.5 Å². The van der Waals surface area contributed by atoms with Crippen molar-refractivity contribution < 1.29 is 18.3 Å². The van der Waals surface area contributed by atoms with E-state index in [4.69, 9.17) is 5.11 Å². The van der Waals surface area contributed by atoms with Gasteiger partial charge in [0.25, 0.3) is 10.0 Å². The van der Waals surface area contributed by atoms with Crippen LogP contribution in [0.3, 0.4) is 0 Å². The molecule has 0 radical (unpaired) electrons. The Morgan fingerprint density at radius 1 is 1.45 bits per heavy atom. The van der Waals surface area contributed by atoms with Crippen LogP contribution in [0.1, 0.15) is 20.1 Å². The second-order valence-corrected chi connectivity index (χ2v) is 7.33. The Kier molecular flexibility index (Phi) is 3.57. The first-order valence-electron chi connectivity index (χ1n) is 5.57. The molecule has 2 heterocycles. The van der Waals surface area contributed by atoms with Crippen LogP contribution in [0.15, 0.2) is 17.2 Å². The van der Waals surface area contributed by atoms with Crippen LogP contribution in [0.5, 0.6) is 0 Å². The number of nitrogens with zero attached hydrogens (tertiary/aromatic N) is 2. The average Bonchev–Trinajstić information content (AvgIpc) is 2.83. The van der Waals surface area contributed by atoms with Crippen molar-refractivity contribution in [2.75, 3.05) is 4.72 Å². The van der Waals surface area contributed by atoms with E-state index in [0.717, 1.165) is 11.1 Å². The number of sulfonamides is 1. The summed E-state index contributed by atoms with van der Waals surface area (Å²) in [5.74, 6) is -1.31. The number of carboxylic acid groups (broad SMARTS) is 1. The normalized spacial score (nSPS) is 11.6. The topological polar surface area (TPSA) is 101 Å². The maximum atomic E-state index is 12.3. The zero-order valence-electron chi connectivity index (χ0n) is 11.0. The smallest absolute Gasteiger partial charge is 0.341 e. The standard InChI is InChI=1S/C11H13N3O4S2/c1-6-4-9(7(2)19-6)20(17,18)13-10-8(11(15)16)5-12-14(10)3/h4-5,13H,1-3H3,(H,15,16). The van der Waals surface area contributed by atoms with E-state index in [0.29, 0.717) is 4.88 Å². The Hall–Kier alpha value is -1.87. The Morgan fingerprint density at radius 2 is 2.10 bits per heavy atom. The molecule has 0 unspecified atom stereocenters. The van der Waals surface area contributed by atoms with Crippen LogP contribution in [-0.2, 0) is 17.1 Å². The first-order chi connectivity index (χ1) is 9.22. The largest absolute Gasteiger partial charge is 0.477 e. The van der Waals surface area contributed by atoms with Crippen molar-refractivity contribution in [1.29, 1.82) is 0 Å². The van der Waals surface area contributed by atoms with Crippen LogP contribution < -0.4 is 4.72 Å². The van der Waals surface area contributed by atoms with E-state index < -0.39 is 16.0 Å². The van der Waals surface area contributed by atoms with E-state index >= 15 is 0 Å². The maximum Gasteiger partial charge on any atom is 0.341 e. The second-order valence-electron chi connectivity index (χ2n) is 4.22. The number of nitrogens with one attached hydrogen (secondary N) is 1. The molecule has 0 aliphatic heterocycles. The Balaban J connectivity index is 2.46. The number of hydrogen-bond acceptors (Lipinski definition) is 5. The van der Waals surface area contributed by atoms with Gasteiger partial charge >= 0.3 is 5.97 Å². The molecule has 20 heavy (non-hydrogen) atoms. The van der Waals surface area contributed by atoms with Gasteiger partial charge in [-0.3, -0.25) is 9.40 Å². The molecule has 2 N–H and O–H groups in total. The summed E-state index contributed by atoms with van der Waals surface area (Å²) in [5.41, 5.74) is -0.194. The summed E-state index contributed by atoms with van der Waals surface area (Å²) in [4.78, 5) is 12.7. The average molecular weight is 315 g/mol. The van der Waals surface area contributed by atoms with Crippen molar-refractivity contribution in [3.8, 4) is 0 Å². The molecular formula is C11H13N3O4S2. The van der Waals surface area contributed by atoms with Gasteiger partial charge in [-0.2, -0.15) is 5.10 Å². The van der Waals surface area contributed by atoms with E-state index in [1.165, 1.54) is 23.1 Å². The number of carbonyl (C=O) groups is 1. The molecule has 7 nitrogen and oxygen atoms in total. The summed E-state index contributed by atoms with van der Waals surface area (Å²) in [6.07, 6.45) is 1.10. The highest BCUT2D eigenvalue weighted by Gasteiger charge is 2.24. The van der Waals surface area contributed by atoms with Crippen molar-refractivity contribution in [3.05, 3.63) is 27.6 Å². The number of aromatic carboxylic acids is 1. The number of carboxylic acids is 1. The van der Waals surface area contributed by atoms with E-state index in [1.54, 1.807) is 13.0 Å². The molecule has 0 saturated heterocycles. The molecule has 2 aromatic heterocycles. The van der Waals surface area contributed by atoms with Crippen LogP contribution >= 0.6 is 11.3 Å². The molecule has 0 aliphatic carbocycles. The molecule has 0 atom stereocenters. The molecular weight excluding hydrogens is 302 g/mol. The van der Waals surface area contributed by atoms with Gasteiger partial charge in [-0.1, -0.05) is 0 Å². The zero-order chi connectivity index (χ0) is 15.1. The van der Waals surface area contributed by atoms with Crippen molar-refractivity contribution in [1.82, 2.24) is 9.78 Å². The lowest BCUT2D eigenvalue weighted by Crippen LogP contribution is -2.17. The van der Waals surface area contributed by atoms with Crippen LogP contribution in [0.25, 0.3) is 0 Å². The minimum absolute atomic E-state index is 0.0687. The number of rotatable bonds is 4. The fourth-order valence-electron chi connectivity index (χ4n) is 1.77. The first-order valence-corrected chi connectivity index (χ1v) is 7.87. The lowest BCUT2D eigenvalue weighted by molar-refractivity contribution is 0.0698. The van der Waals surface area contributed by atoms with Crippen molar-refractivity contribution in [2.24, 2.45) is 7.05 Å². The zero-order valence-corrected chi connectivity index (χ0v) is 12.7. The van der Waals surface area contributed by atoms with Gasteiger partial charge in [0, 0.05) is 16.8 Å². The van der Waals surface area contributed by atoms with Gasteiger partial charge in [-0.25, -0.2) is 13.2 Å². The third-order valence-electron chi connectivity index (χ3n) is 2.69. The Bertz CT molecular complexity index is 774. The molecule has 0 aliphatic rings. The van der Waals surface area contributed by atoms with Gasteiger partial charge in [-0.15, -0.1) is 11.3 Å². The molecule has 0 spiro atoms. The van der Waals surface area contributed by atoms with Gasteiger partial charge in [-0.05, 0) is 19.9 Å². The van der Waals surface area contributed by atoms with Gasteiger partial charge in [0.2, 0.25) is 0 Å². The summed E-state index contributed by atoms with van der Waals surface area (Å²) < 4.78 is 28.1. The summed E-state index contributed by atoms with van der Waals surface area (Å²) in [7, 11) is -2.37. The highest BCUT2D eigenvalue weighted by atomic mass is 32.2. The highest BCUT2D eigenvalue weighted by Crippen LogP contribution is 2.27. The molecule has 0 saturated carbocycles. The molecule has 0 fully saturated rings. The monoisotopic (exact) mass is 315 g/mol. The lowest BCUT2D eigenvalue weighted by atomic mass is 10.3.